The average Bonchev–Trinajstić information content (AvgIpc) is 2.61. The highest BCUT2D eigenvalue weighted by molar-refractivity contribution is 4.83. The Labute approximate surface area is 80.9 Å². The third-order valence-corrected chi connectivity index (χ3v) is 3.26. The highest BCUT2D eigenvalue weighted by Gasteiger charge is 2.22. The van der Waals surface area contributed by atoms with E-state index in [4.69, 9.17) is 0 Å². The third-order valence-electron chi connectivity index (χ3n) is 3.26. The van der Waals surface area contributed by atoms with Crippen LogP contribution >= 0.6 is 0 Å². The molecule has 2 aliphatic heterocycles. The van der Waals surface area contributed by atoms with E-state index in [0.717, 1.165) is 25.2 Å². The van der Waals surface area contributed by atoms with Crippen LogP contribution in [0.5, 0.6) is 0 Å². The molecule has 3 heteroatoms. The summed E-state index contributed by atoms with van der Waals surface area (Å²) in [4.78, 5) is 2.61. The predicted molar refractivity (Wildman–Crippen MR) is 54.9 cm³/mol. The zero-order chi connectivity index (χ0) is 9.10. The first-order valence-corrected chi connectivity index (χ1v) is 5.54. The maximum atomic E-state index is 3.56. The molecule has 0 radical (unpaired) electrons. The fourth-order valence-electron chi connectivity index (χ4n) is 2.35. The van der Waals surface area contributed by atoms with Gasteiger partial charge in [-0.3, -0.25) is 4.90 Å². The zero-order valence-electron chi connectivity index (χ0n) is 8.55. The first-order chi connectivity index (χ1) is 6.36. The second-order valence-corrected chi connectivity index (χ2v) is 4.34. The Morgan fingerprint density at radius 2 is 2.31 bits per heavy atom. The van der Waals surface area contributed by atoms with Crippen molar-refractivity contribution >= 4 is 0 Å². The molecule has 76 valence electrons. The lowest BCUT2D eigenvalue weighted by atomic mass is 10.1. The second-order valence-electron chi connectivity index (χ2n) is 4.34. The molecular formula is C10H21N3. The van der Waals surface area contributed by atoms with Gasteiger partial charge in [-0.1, -0.05) is 0 Å². The van der Waals surface area contributed by atoms with Gasteiger partial charge in [0.05, 0.1) is 0 Å². The normalized spacial score (nSPS) is 36.7. The number of hydrogen-bond acceptors (Lipinski definition) is 3. The van der Waals surface area contributed by atoms with Crippen LogP contribution in [-0.2, 0) is 0 Å². The van der Waals surface area contributed by atoms with Gasteiger partial charge in [-0.05, 0) is 26.3 Å². The van der Waals surface area contributed by atoms with E-state index in [1.54, 1.807) is 0 Å². The van der Waals surface area contributed by atoms with Gasteiger partial charge in [0.2, 0.25) is 0 Å². The number of rotatable bonds is 2. The zero-order valence-corrected chi connectivity index (χ0v) is 8.55. The Morgan fingerprint density at radius 1 is 1.38 bits per heavy atom. The van der Waals surface area contributed by atoms with Crippen LogP contribution in [0.4, 0.5) is 0 Å². The van der Waals surface area contributed by atoms with Gasteiger partial charge in [-0.25, -0.2) is 0 Å². The van der Waals surface area contributed by atoms with E-state index >= 15 is 0 Å². The maximum absolute atomic E-state index is 3.56. The largest absolute Gasteiger partial charge is 0.314 e. The van der Waals surface area contributed by atoms with Gasteiger partial charge in [0.15, 0.2) is 0 Å². The van der Waals surface area contributed by atoms with Gasteiger partial charge in [0, 0.05) is 38.3 Å². The van der Waals surface area contributed by atoms with Crippen molar-refractivity contribution in [3.63, 3.8) is 0 Å². The molecule has 2 rings (SSSR count). The average molecular weight is 183 g/mol. The molecule has 0 spiro atoms. The molecule has 0 aromatic rings. The minimum Gasteiger partial charge on any atom is -0.314 e. The Bertz CT molecular complexity index is 154. The van der Waals surface area contributed by atoms with Crippen molar-refractivity contribution in [2.45, 2.75) is 31.8 Å². The summed E-state index contributed by atoms with van der Waals surface area (Å²) in [6.07, 6.45) is 2.74. The van der Waals surface area contributed by atoms with E-state index in [-0.39, 0.29) is 0 Å². The van der Waals surface area contributed by atoms with Gasteiger partial charge < -0.3 is 10.6 Å². The minimum atomic E-state index is 0.719. The fraction of sp³-hybridized carbons (Fsp3) is 1.00. The third kappa shape index (κ3) is 2.42. The SMILES string of the molecule is CC1CNCCN1C[C@@H]1CCCN1. The van der Waals surface area contributed by atoms with Crippen LogP contribution in [0, 0.1) is 0 Å². The number of piperazine rings is 1. The molecule has 0 bridgehead atoms. The lowest BCUT2D eigenvalue weighted by molar-refractivity contribution is 0.160. The molecule has 0 aliphatic carbocycles. The Hall–Kier alpha value is -0.120. The molecule has 1 unspecified atom stereocenters. The molecule has 2 aliphatic rings. The van der Waals surface area contributed by atoms with Gasteiger partial charge in [0.25, 0.3) is 0 Å². The lowest BCUT2D eigenvalue weighted by Crippen LogP contribution is -2.53. The molecule has 3 nitrogen and oxygen atoms in total. The summed E-state index contributed by atoms with van der Waals surface area (Å²) in [7, 11) is 0. The summed E-state index contributed by atoms with van der Waals surface area (Å²) in [6.45, 7) is 8.35. The van der Waals surface area contributed by atoms with Crippen LogP contribution in [0.3, 0.4) is 0 Å². The van der Waals surface area contributed by atoms with Crippen molar-refractivity contribution in [3.8, 4) is 0 Å². The molecule has 2 atom stereocenters. The Morgan fingerprint density at radius 3 is 3.00 bits per heavy atom. The number of hydrogen-bond donors (Lipinski definition) is 2. The van der Waals surface area contributed by atoms with E-state index in [9.17, 15) is 0 Å². The van der Waals surface area contributed by atoms with Gasteiger partial charge in [-0.15, -0.1) is 0 Å². The van der Waals surface area contributed by atoms with E-state index in [1.807, 2.05) is 0 Å². The fourth-order valence-corrected chi connectivity index (χ4v) is 2.35. The molecule has 0 amide bonds. The molecule has 0 aromatic carbocycles. The Kier molecular flexibility index (Phi) is 3.19. The summed E-state index contributed by atoms with van der Waals surface area (Å²) in [5.41, 5.74) is 0. The molecule has 13 heavy (non-hydrogen) atoms. The van der Waals surface area contributed by atoms with Crippen LogP contribution in [0.1, 0.15) is 19.8 Å². The lowest BCUT2D eigenvalue weighted by Gasteiger charge is -2.35. The van der Waals surface area contributed by atoms with Crippen molar-refractivity contribution in [1.29, 1.82) is 0 Å². The Balaban J connectivity index is 1.78. The molecule has 0 aromatic heterocycles. The van der Waals surface area contributed by atoms with Crippen LogP contribution in [0.2, 0.25) is 0 Å². The van der Waals surface area contributed by atoms with Gasteiger partial charge in [-0.2, -0.15) is 0 Å². The summed E-state index contributed by atoms with van der Waals surface area (Å²) >= 11 is 0. The molecule has 2 fully saturated rings. The molecular weight excluding hydrogens is 162 g/mol. The standard InChI is InChI=1S/C10H21N3/c1-9-7-11-5-6-13(9)8-10-3-2-4-12-10/h9-12H,2-8H2,1H3/t9?,10-/m0/s1. The summed E-state index contributed by atoms with van der Waals surface area (Å²) < 4.78 is 0. The highest BCUT2D eigenvalue weighted by Crippen LogP contribution is 2.10. The van der Waals surface area contributed by atoms with Crippen molar-refractivity contribution in [2.24, 2.45) is 0 Å². The van der Waals surface area contributed by atoms with E-state index in [0.29, 0.717) is 0 Å². The molecule has 2 N–H and O–H groups in total. The molecule has 2 saturated heterocycles. The first-order valence-electron chi connectivity index (χ1n) is 5.54. The summed E-state index contributed by atoms with van der Waals surface area (Å²) in [5.74, 6) is 0. The minimum absolute atomic E-state index is 0.719. The summed E-state index contributed by atoms with van der Waals surface area (Å²) in [5, 5.41) is 6.99. The maximum Gasteiger partial charge on any atom is 0.0195 e. The van der Waals surface area contributed by atoms with E-state index in [2.05, 4.69) is 22.5 Å². The van der Waals surface area contributed by atoms with E-state index in [1.165, 1.54) is 32.5 Å². The predicted octanol–water partition coefficient (Wildman–Crippen LogP) is 0.0321. The van der Waals surface area contributed by atoms with Crippen LogP contribution < -0.4 is 10.6 Å². The van der Waals surface area contributed by atoms with Crippen LogP contribution in [-0.4, -0.2) is 49.7 Å². The van der Waals surface area contributed by atoms with E-state index < -0.39 is 0 Å². The second kappa shape index (κ2) is 4.40. The smallest absolute Gasteiger partial charge is 0.0195 e. The number of nitrogens with zero attached hydrogens (tertiary/aromatic N) is 1. The van der Waals surface area contributed by atoms with Gasteiger partial charge >= 0.3 is 0 Å². The topological polar surface area (TPSA) is 27.3 Å². The monoisotopic (exact) mass is 183 g/mol. The quantitative estimate of drug-likeness (QED) is 0.632. The van der Waals surface area contributed by atoms with Crippen molar-refractivity contribution in [2.75, 3.05) is 32.7 Å². The molecule has 2 heterocycles. The van der Waals surface area contributed by atoms with Crippen molar-refractivity contribution in [1.82, 2.24) is 15.5 Å². The van der Waals surface area contributed by atoms with Gasteiger partial charge in [0.1, 0.15) is 0 Å². The highest BCUT2D eigenvalue weighted by atomic mass is 15.2. The van der Waals surface area contributed by atoms with Crippen LogP contribution in [0.15, 0.2) is 0 Å². The first kappa shape index (κ1) is 9.44. The summed E-state index contributed by atoms with van der Waals surface area (Å²) in [6, 6.07) is 1.48. The van der Waals surface area contributed by atoms with Crippen LogP contribution in [0.25, 0.3) is 0 Å². The van der Waals surface area contributed by atoms with Crippen molar-refractivity contribution in [3.05, 3.63) is 0 Å². The van der Waals surface area contributed by atoms with Crippen molar-refractivity contribution < 1.29 is 0 Å². The molecule has 0 saturated carbocycles. The number of nitrogens with one attached hydrogen (secondary N) is 2.